The highest BCUT2D eigenvalue weighted by molar-refractivity contribution is 5.89. The zero-order valence-electron chi connectivity index (χ0n) is 26.2. The van der Waals surface area contributed by atoms with Crippen LogP contribution in [0.3, 0.4) is 0 Å². The lowest BCUT2D eigenvalue weighted by Gasteiger charge is -2.32. The molecule has 0 amide bonds. The Balaban J connectivity index is 1.41. The number of piperazine rings is 1. The monoisotopic (exact) mass is 600 g/mol. The summed E-state index contributed by atoms with van der Waals surface area (Å²) in [7, 11) is 5.44. The molecule has 5 rings (SSSR count). The van der Waals surface area contributed by atoms with Gasteiger partial charge in [-0.2, -0.15) is 4.98 Å². The van der Waals surface area contributed by atoms with Gasteiger partial charge in [0.25, 0.3) is 0 Å². The van der Waals surface area contributed by atoms with Crippen molar-refractivity contribution in [2.45, 2.75) is 45.3 Å². The number of unbranched alkanes of at least 4 members (excludes halogenated alkanes) is 1. The van der Waals surface area contributed by atoms with Gasteiger partial charge in [-0.05, 0) is 37.7 Å². The van der Waals surface area contributed by atoms with E-state index < -0.39 is 0 Å². The molecule has 4 aromatic rings. The molecule has 234 valence electrons. The van der Waals surface area contributed by atoms with Gasteiger partial charge in [0.2, 0.25) is 5.95 Å². The van der Waals surface area contributed by atoms with E-state index in [2.05, 4.69) is 46.5 Å². The standard InChI is InChI=1S/C33H44N8O3/c1-5-6-7-27(22-42)37-32-31-29(38-33(39-32)36-19-24-9-11-28(43-3)17-30(24)44-4)16-25(20-35-31)23-8-10-26(34-18-23)21-41-14-12-40(2)13-15-41/h8-11,16-18,20,27,42H,5-7,12-15,19,21-22H2,1-4H3,(H2,36,37,38,39). The molecule has 3 N–H and O–H groups in total. The molecule has 1 unspecified atom stereocenters. The quantitative estimate of drug-likeness (QED) is 0.191. The number of methoxy groups -OCH3 is 2. The van der Waals surface area contributed by atoms with E-state index in [0.717, 1.165) is 80.1 Å². The number of nitrogens with zero attached hydrogens (tertiary/aromatic N) is 6. The topological polar surface area (TPSA) is 121 Å². The highest BCUT2D eigenvalue weighted by Crippen LogP contribution is 2.28. The molecule has 4 heterocycles. The Hall–Kier alpha value is -4.06. The van der Waals surface area contributed by atoms with E-state index in [4.69, 9.17) is 29.4 Å². The van der Waals surface area contributed by atoms with E-state index in [9.17, 15) is 5.11 Å². The van der Waals surface area contributed by atoms with Crippen molar-refractivity contribution in [1.82, 2.24) is 29.7 Å². The molecule has 1 atom stereocenters. The third-order valence-electron chi connectivity index (χ3n) is 8.07. The number of nitrogens with one attached hydrogen (secondary N) is 2. The van der Waals surface area contributed by atoms with Crippen LogP contribution in [0.25, 0.3) is 22.2 Å². The highest BCUT2D eigenvalue weighted by atomic mass is 16.5. The summed E-state index contributed by atoms with van der Waals surface area (Å²) >= 11 is 0. The lowest BCUT2D eigenvalue weighted by molar-refractivity contribution is 0.147. The van der Waals surface area contributed by atoms with Crippen molar-refractivity contribution in [3.8, 4) is 22.6 Å². The number of likely N-dealkylation sites (N-methyl/N-ethyl adjacent to an activating group) is 1. The van der Waals surface area contributed by atoms with E-state index >= 15 is 0 Å². The maximum absolute atomic E-state index is 10.1. The van der Waals surface area contributed by atoms with Crippen molar-refractivity contribution < 1.29 is 14.6 Å². The highest BCUT2D eigenvalue weighted by Gasteiger charge is 2.17. The summed E-state index contributed by atoms with van der Waals surface area (Å²) < 4.78 is 10.9. The predicted octanol–water partition coefficient (Wildman–Crippen LogP) is 4.43. The van der Waals surface area contributed by atoms with E-state index in [0.29, 0.717) is 35.1 Å². The van der Waals surface area contributed by atoms with Crippen LogP contribution in [0.5, 0.6) is 11.5 Å². The Morgan fingerprint density at radius 3 is 2.48 bits per heavy atom. The first-order valence-electron chi connectivity index (χ1n) is 15.4. The molecule has 0 spiro atoms. The van der Waals surface area contributed by atoms with Gasteiger partial charge in [-0.25, -0.2) is 4.98 Å². The van der Waals surface area contributed by atoms with Crippen LogP contribution in [0.15, 0.2) is 48.8 Å². The van der Waals surface area contributed by atoms with Crippen molar-refractivity contribution in [3.05, 3.63) is 60.0 Å². The SMILES string of the molecule is CCCCC(CO)Nc1nc(NCc2ccc(OC)cc2OC)nc2cc(-c3ccc(CN4CCN(C)CC4)nc3)cnc12. The molecular formula is C33H44N8O3. The summed E-state index contributed by atoms with van der Waals surface area (Å²) in [5.74, 6) is 2.47. The molecule has 0 aliphatic carbocycles. The summed E-state index contributed by atoms with van der Waals surface area (Å²) in [5, 5.41) is 16.8. The molecule has 1 aliphatic rings. The largest absolute Gasteiger partial charge is 0.497 e. The Labute approximate surface area is 259 Å². The van der Waals surface area contributed by atoms with Crippen molar-refractivity contribution >= 4 is 22.8 Å². The van der Waals surface area contributed by atoms with Gasteiger partial charge in [-0.3, -0.25) is 14.9 Å². The minimum Gasteiger partial charge on any atom is -0.497 e. The third kappa shape index (κ3) is 7.90. The smallest absolute Gasteiger partial charge is 0.225 e. The first-order chi connectivity index (χ1) is 21.5. The number of aliphatic hydroxyl groups is 1. The fourth-order valence-corrected chi connectivity index (χ4v) is 5.31. The summed E-state index contributed by atoms with van der Waals surface area (Å²) in [6.07, 6.45) is 6.62. The summed E-state index contributed by atoms with van der Waals surface area (Å²) in [5.41, 5.74) is 5.24. The van der Waals surface area contributed by atoms with Gasteiger partial charge in [-0.1, -0.05) is 25.8 Å². The van der Waals surface area contributed by atoms with Crippen LogP contribution >= 0.6 is 0 Å². The lowest BCUT2D eigenvalue weighted by atomic mass is 10.1. The molecule has 1 aliphatic heterocycles. The van der Waals surface area contributed by atoms with E-state index in [1.165, 1.54) is 0 Å². The van der Waals surface area contributed by atoms with Crippen molar-refractivity contribution in [2.75, 3.05) is 64.7 Å². The second-order valence-corrected chi connectivity index (χ2v) is 11.3. The zero-order chi connectivity index (χ0) is 30.9. The predicted molar refractivity (Wildman–Crippen MR) is 174 cm³/mol. The minimum absolute atomic E-state index is 0.00152. The number of fused-ring (bicyclic) bond motifs is 1. The number of ether oxygens (including phenoxy) is 2. The molecule has 11 nitrogen and oxygen atoms in total. The van der Waals surface area contributed by atoms with Crippen LogP contribution in [0.1, 0.15) is 37.4 Å². The number of hydrogen-bond acceptors (Lipinski definition) is 11. The lowest BCUT2D eigenvalue weighted by Crippen LogP contribution is -2.43. The second kappa shape index (κ2) is 15.1. The van der Waals surface area contributed by atoms with Crippen LogP contribution < -0.4 is 20.1 Å². The van der Waals surface area contributed by atoms with Gasteiger partial charge < -0.3 is 30.1 Å². The summed E-state index contributed by atoms with van der Waals surface area (Å²) in [6, 6.07) is 11.8. The molecular weight excluding hydrogens is 556 g/mol. The van der Waals surface area contributed by atoms with Crippen LogP contribution in [0.2, 0.25) is 0 Å². The Kier molecular flexibility index (Phi) is 10.8. The van der Waals surface area contributed by atoms with Crippen LogP contribution in [0.4, 0.5) is 11.8 Å². The average molecular weight is 601 g/mol. The van der Waals surface area contributed by atoms with Crippen LogP contribution in [-0.2, 0) is 13.1 Å². The fraction of sp³-hybridized carbons (Fsp3) is 0.455. The number of benzene rings is 1. The molecule has 1 fully saturated rings. The number of rotatable bonds is 14. The normalized spacial score (nSPS) is 14.8. The molecule has 1 aromatic carbocycles. The number of hydrogen-bond donors (Lipinski definition) is 3. The van der Waals surface area contributed by atoms with Crippen LogP contribution in [-0.4, -0.2) is 94.9 Å². The van der Waals surface area contributed by atoms with Gasteiger partial charge in [-0.15, -0.1) is 0 Å². The second-order valence-electron chi connectivity index (χ2n) is 11.3. The maximum atomic E-state index is 10.1. The summed E-state index contributed by atoms with van der Waals surface area (Å²) in [6.45, 7) is 7.73. The maximum Gasteiger partial charge on any atom is 0.225 e. The van der Waals surface area contributed by atoms with Gasteiger partial charge in [0, 0.05) is 74.4 Å². The average Bonchev–Trinajstić information content (AvgIpc) is 3.06. The fourth-order valence-electron chi connectivity index (χ4n) is 5.31. The van der Waals surface area contributed by atoms with Gasteiger partial charge in [0.15, 0.2) is 5.82 Å². The van der Waals surface area contributed by atoms with E-state index in [1.807, 2.05) is 36.7 Å². The molecule has 0 saturated carbocycles. The molecule has 44 heavy (non-hydrogen) atoms. The van der Waals surface area contributed by atoms with Gasteiger partial charge in [0.1, 0.15) is 17.0 Å². The van der Waals surface area contributed by atoms with Crippen molar-refractivity contribution in [1.29, 1.82) is 0 Å². The zero-order valence-corrected chi connectivity index (χ0v) is 26.2. The number of aromatic nitrogens is 4. The Morgan fingerprint density at radius 1 is 0.955 bits per heavy atom. The molecule has 0 radical (unpaired) electrons. The third-order valence-corrected chi connectivity index (χ3v) is 8.07. The number of pyridine rings is 2. The molecule has 3 aromatic heterocycles. The van der Waals surface area contributed by atoms with Gasteiger partial charge >= 0.3 is 0 Å². The minimum atomic E-state index is -0.138. The van der Waals surface area contributed by atoms with Crippen LogP contribution in [0, 0.1) is 0 Å². The van der Waals surface area contributed by atoms with E-state index in [-0.39, 0.29) is 12.6 Å². The Morgan fingerprint density at radius 2 is 1.77 bits per heavy atom. The Bertz CT molecular complexity index is 1510. The molecule has 11 heteroatoms. The number of anilines is 2. The first-order valence-corrected chi connectivity index (χ1v) is 15.4. The molecule has 1 saturated heterocycles. The van der Waals surface area contributed by atoms with Gasteiger partial charge in [0.05, 0.1) is 38.1 Å². The first kappa shape index (κ1) is 31.4. The van der Waals surface area contributed by atoms with Crippen molar-refractivity contribution in [3.63, 3.8) is 0 Å². The van der Waals surface area contributed by atoms with E-state index in [1.54, 1.807) is 14.2 Å². The van der Waals surface area contributed by atoms with Crippen molar-refractivity contribution in [2.24, 2.45) is 0 Å². The summed E-state index contributed by atoms with van der Waals surface area (Å²) in [4.78, 5) is 24.0. The molecule has 0 bridgehead atoms. The number of aliphatic hydroxyl groups excluding tert-OH is 1.